The molecule has 1 N–H and O–H groups in total. The molecule has 0 spiro atoms. The second-order valence-electron chi connectivity index (χ2n) is 5.83. The minimum absolute atomic E-state index is 0.0945. The SMILES string of the molecule is Cc1cn2c(c(O)c1=O)C(=O)N1C(C2)O[C@H]2CCC[C@H]21. The summed E-state index contributed by atoms with van der Waals surface area (Å²) in [5.74, 6) is -0.722. The zero-order valence-electron chi connectivity index (χ0n) is 11.2. The molecule has 1 unspecified atom stereocenters. The fraction of sp³-hybridized carbons (Fsp3) is 0.571. The normalized spacial score (nSPS) is 31.1. The van der Waals surface area contributed by atoms with Gasteiger partial charge in [0.05, 0.1) is 18.7 Å². The topological polar surface area (TPSA) is 71.8 Å². The first-order valence-corrected chi connectivity index (χ1v) is 6.99. The van der Waals surface area contributed by atoms with Crippen molar-refractivity contribution >= 4 is 5.91 Å². The minimum Gasteiger partial charge on any atom is -0.503 e. The summed E-state index contributed by atoms with van der Waals surface area (Å²) < 4.78 is 7.60. The minimum atomic E-state index is -0.467. The molecule has 106 valence electrons. The van der Waals surface area contributed by atoms with Crippen molar-refractivity contribution in [3.05, 3.63) is 27.7 Å². The van der Waals surface area contributed by atoms with Gasteiger partial charge < -0.3 is 19.3 Å². The quantitative estimate of drug-likeness (QED) is 0.753. The monoisotopic (exact) mass is 276 g/mol. The summed E-state index contributed by atoms with van der Waals surface area (Å²) in [5, 5.41) is 10.0. The van der Waals surface area contributed by atoms with E-state index in [4.69, 9.17) is 4.74 Å². The maximum atomic E-state index is 12.7. The molecule has 6 heteroatoms. The lowest BCUT2D eigenvalue weighted by Crippen LogP contribution is -2.49. The number of aromatic hydroxyl groups is 1. The van der Waals surface area contributed by atoms with Gasteiger partial charge in [0, 0.05) is 11.8 Å². The van der Waals surface area contributed by atoms with Crippen LogP contribution < -0.4 is 5.43 Å². The summed E-state index contributed by atoms with van der Waals surface area (Å²) in [6, 6.07) is 0.0945. The number of nitrogens with zero attached hydrogens (tertiary/aromatic N) is 2. The molecular weight excluding hydrogens is 260 g/mol. The van der Waals surface area contributed by atoms with Crippen molar-refractivity contribution in [3.8, 4) is 5.75 Å². The third kappa shape index (κ3) is 1.37. The van der Waals surface area contributed by atoms with Crippen LogP contribution in [0.4, 0.5) is 0 Å². The van der Waals surface area contributed by atoms with Gasteiger partial charge in [0.1, 0.15) is 0 Å². The Morgan fingerprint density at radius 2 is 2.15 bits per heavy atom. The summed E-state index contributed by atoms with van der Waals surface area (Å²) in [4.78, 5) is 26.2. The maximum Gasteiger partial charge on any atom is 0.276 e. The standard InChI is InChI=1S/C14H16N2O4/c1-7-5-15-6-10-16(8-3-2-4-9(8)20-10)14(19)11(15)13(18)12(7)17/h5,8-10,18H,2-4,6H2,1H3/t8-,9+,10?/m1/s1. The Morgan fingerprint density at radius 3 is 2.95 bits per heavy atom. The Labute approximate surface area is 115 Å². The summed E-state index contributed by atoms with van der Waals surface area (Å²) >= 11 is 0. The van der Waals surface area contributed by atoms with Crippen molar-refractivity contribution in [1.29, 1.82) is 0 Å². The van der Waals surface area contributed by atoms with Crippen molar-refractivity contribution in [2.75, 3.05) is 0 Å². The molecule has 2 fully saturated rings. The molecule has 2 aliphatic heterocycles. The molecule has 1 saturated heterocycles. The molecule has 6 nitrogen and oxygen atoms in total. The van der Waals surface area contributed by atoms with E-state index in [-0.39, 0.29) is 30.0 Å². The van der Waals surface area contributed by atoms with Gasteiger partial charge in [0.2, 0.25) is 5.43 Å². The van der Waals surface area contributed by atoms with Crippen LogP contribution in [0.25, 0.3) is 0 Å². The lowest BCUT2D eigenvalue weighted by molar-refractivity contribution is -0.0178. The molecule has 3 atom stereocenters. The Kier molecular flexibility index (Phi) is 2.30. The molecule has 1 aliphatic carbocycles. The number of carbonyl (C=O) groups excluding carboxylic acids is 1. The highest BCUT2D eigenvalue weighted by atomic mass is 16.5. The lowest BCUT2D eigenvalue weighted by Gasteiger charge is -2.34. The number of hydrogen-bond donors (Lipinski definition) is 1. The number of ether oxygens (including phenoxy) is 1. The number of aromatic nitrogens is 1. The van der Waals surface area contributed by atoms with E-state index in [0.29, 0.717) is 12.1 Å². The van der Waals surface area contributed by atoms with E-state index in [2.05, 4.69) is 0 Å². The Balaban J connectivity index is 1.85. The molecule has 1 aromatic rings. The van der Waals surface area contributed by atoms with Crippen LogP contribution >= 0.6 is 0 Å². The van der Waals surface area contributed by atoms with Gasteiger partial charge in [0.15, 0.2) is 17.7 Å². The van der Waals surface area contributed by atoms with Crippen LogP contribution in [0.1, 0.15) is 35.3 Å². The van der Waals surface area contributed by atoms with Crippen LogP contribution in [0.5, 0.6) is 5.75 Å². The van der Waals surface area contributed by atoms with E-state index in [0.717, 1.165) is 19.3 Å². The highest BCUT2D eigenvalue weighted by Crippen LogP contribution is 2.39. The zero-order valence-corrected chi connectivity index (χ0v) is 11.2. The molecule has 0 radical (unpaired) electrons. The average molecular weight is 276 g/mol. The van der Waals surface area contributed by atoms with Crippen LogP contribution in [-0.4, -0.2) is 38.9 Å². The number of pyridine rings is 1. The van der Waals surface area contributed by atoms with Crippen molar-refractivity contribution in [2.24, 2.45) is 0 Å². The number of aryl methyl sites for hydroxylation is 1. The maximum absolute atomic E-state index is 12.7. The van der Waals surface area contributed by atoms with Gasteiger partial charge >= 0.3 is 0 Å². The van der Waals surface area contributed by atoms with E-state index in [9.17, 15) is 14.7 Å². The number of amides is 1. The van der Waals surface area contributed by atoms with Crippen LogP contribution in [-0.2, 0) is 11.3 Å². The summed E-state index contributed by atoms with van der Waals surface area (Å²) in [6.45, 7) is 2.11. The molecule has 20 heavy (non-hydrogen) atoms. The molecular formula is C14H16N2O4. The van der Waals surface area contributed by atoms with Crippen molar-refractivity contribution in [3.63, 3.8) is 0 Å². The van der Waals surface area contributed by atoms with E-state index >= 15 is 0 Å². The second-order valence-corrected chi connectivity index (χ2v) is 5.83. The molecule has 3 heterocycles. The first kappa shape index (κ1) is 12.0. The van der Waals surface area contributed by atoms with Gasteiger partial charge in [0.25, 0.3) is 5.91 Å². The number of carbonyl (C=O) groups is 1. The third-order valence-electron chi connectivity index (χ3n) is 4.64. The van der Waals surface area contributed by atoms with Gasteiger partial charge in [-0.2, -0.15) is 0 Å². The Bertz CT molecular complexity index is 666. The van der Waals surface area contributed by atoms with Gasteiger partial charge in [-0.15, -0.1) is 0 Å². The van der Waals surface area contributed by atoms with Gasteiger partial charge in [-0.3, -0.25) is 9.59 Å². The molecule has 1 saturated carbocycles. The smallest absolute Gasteiger partial charge is 0.276 e. The van der Waals surface area contributed by atoms with E-state index in [1.807, 2.05) is 0 Å². The lowest BCUT2D eigenvalue weighted by atomic mass is 10.1. The summed E-state index contributed by atoms with van der Waals surface area (Å²) in [7, 11) is 0. The average Bonchev–Trinajstić information content (AvgIpc) is 2.95. The van der Waals surface area contributed by atoms with Gasteiger partial charge in [-0.1, -0.05) is 0 Å². The predicted molar refractivity (Wildman–Crippen MR) is 69.6 cm³/mol. The molecule has 3 aliphatic rings. The zero-order chi connectivity index (χ0) is 14.0. The second kappa shape index (κ2) is 3.85. The predicted octanol–water partition coefficient (Wildman–Crippen LogP) is 0.596. The molecule has 4 rings (SSSR count). The van der Waals surface area contributed by atoms with Crippen molar-refractivity contribution in [2.45, 2.75) is 51.1 Å². The van der Waals surface area contributed by atoms with Gasteiger partial charge in [-0.25, -0.2) is 0 Å². The molecule has 1 aromatic heterocycles. The van der Waals surface area contributed by atoms with E-state index in [1.54, 1.807) is 22.6 Å². The van der Waals surface area contributed by atoms with Crippen LogP contribution in [0.3, 0.4) is 0 Å². The number of hydrogen-bond acceptors (Lipinski definition) is 4. The van der Waals surface area contributed by atoms with Gasteiger partial charge in [-0.05, 0) is 26.2 Å². The largest absolute Gasteiger partial charge is 0.503 e. The Morgan fingerprint density at radius 1 is 1.35 bits per heavy atom. The number of fused-ring (bicyclic) bond motifs is 4. The highest BCUT2D eigenvalue weighted by molar-refractivity contribution is 5.96. The highest BCUT2D eigenvalue weighted by Gasteiger charge is 2.50. The fourth-order valence-corrected chi connectivity index (χ4v) is 3.72. The first-order chi connectivity index (χ1) is 9.58. The van der Waals surface area contributed by atoms with Crippen LogP contribution in [0.15, 0.2) is 11.0 Å². The fourth-order valence-electron chi connectivity index (χ4n) is 3.72. The third-order valence-corrected chi connectivity index (χ3v) is 4.64. The summed E-state index contributed by atoms with van der Waals surface area (Å²) in [6.07, 6.45) is 4.43. The molecule has 1 amide bonds. The van der Waals surface area contributed by atoms with Crippen LogP contribution in [0.2, 0.25) is 0 Å². The van der Waals surface area contributed by atoms with E-state index < -0.39 is 11.2 Å². The molecule has 0 bridgehead atoms. The number of rotatable bonds is 0. The van der Waals surface area contributed by atoms with Crippen molar-refractivity contribution < 1.29 is 14.6 Å². The Hall–Kier alpha value is -1.82. The first-order valence-electron chi connectivity index (χ1n) is 6.99. The van der Waals surface area contributed by atoms with E-state index in [1.165, 1.54) is 0 Å². The van der Waals surface area contributed by atoms with Crippen molar-refractivity contribution in [1.82, 2.24) is 9.47 Å². The summed E-state index contributed by atoms with van der Waals surface area (Å²) in [5.41, 5.74) is 0.0739. The molecule has 0 aromatic carbocycles. The van der Waals surface area contributed by atoms with Crippen LogP contribution in [0, 0.1) is 6.92 Å².